The van der Waals surface area contributed by atoms with Gasteiger partial charge in [-0.2, -0.15) is 0 Å². The standard InChI is InChI=1S/C27H36N3O4P.C2H6/c1-29-17-22(15-23(18-29)20-35(33)34-3)19-30(2)27(32)25-11-9-21(10-12-25)13-14-28-16-26(31)24-7-5-4-6-8-24;1-2/h4-12,15,17,26,28,31,33H,13-14,16,18-20H2,1-3H3;1-2H3. The van der Waals surface area contributed by atoms with Crippen LogP contribution in [0.3, 0.4) is 0 Å². The summed E-state index contributed by atoms with van der Waals surface area (Å²) in [5, 5.41) is 13.5. The maximum atomic E-state index is 13.0. The molecule has 2 unspecified atom stereocenters. The van der Waals surface area contributed by atoms with Crippen LogP contribution >= 0.6 is 8.38 Å². The Kier molecular flexibility index (Phi) is 13.5. The Balaban J connectivity index is 0.00000235. The van der Waals surface area contributed by atoms with Gasteiger partial charge in [0.25, 0.3) is 5.91 Å². The van der Waals surface area contributed by atoms with Crippen molar-refractivity contribution >= 4 is 14.3 Å². The molecule has 3 N–H and O–H groups in total. The molecule has 0 saturated carbocycles. The number of likely N-dealkylation sites (N-methyl/N-ethyl adjacent to an activating group) is 2. The number of hydrogen-bond acceptors (Lipinski definition) is 6. The third kappa shape index (κ3) is 10.4. The van der Waals surface area contributed by atoms with Crippen molar-refractivity contribution in [3.05, 3.63) is 94.7 Å². The first-order chi connectivity index (χ1) is 17.9. The van der Waals surface area contributed by atoms with Crippen LogP contribution in [0.15, 0.2) is 78.0 Å². The van der Waals surface area contributed by atoms with Crippen LogP contribution in [-0.2, 0) is 10.9 Å². The number of hydrogen-bond donors (Lipinski definition) is 3. The summed E-state index contributed by atoms with van der Waals surface area (Å²) in [5.74, 6) is -0.0361. The minimum absolute atomic E-state index is 0.0361. The lowest BCUT2D eigenvalue weighted by Gasteiger charge is -2.26. The van der Waals surface area contributed by atoms with Crippen molar-refractivity contribution in [2.24, 2.45) is 0 Å². The fourth-order valence-corrected chi connectivity index (χ4v) is 4.73. The fraction of sp³-hybridized carbons (Fsp3) is 0.414. The molecule has 0 aliphatic carbocycles. The van der Waals surface area contributed by atoms with E-state index < -0.39 is 14.5 Å². The number of rotatable bonds is 12. The molecule has 2 atom stereocenters. The molecule has 0 fully saturated rings. The van der Waals surface area contributed by atoms with Crippen molar-refractivity contribution in [3.63, 3.8) is 0 Å². The molecule has 0 aromatic heterocycles. The molecule has 1 aliphatic heterocycles. The molecule has 1 aliphatic rings. The van der Waals surface area contributed by atoms with E-state index in [1.807, 2.05) is 81.7 Å². The number of nitrogens with one attached hydrogen (secondary N) is 1. The Bertz CT molecular complexity index is 1010. The molecule has 2 aromatic carbocycles. The van der Waals surface area contributed by atoms with E-state index in [4.69, 9.17) is 4.52 Å². The summed E-state index contributed by atoms with van der Waals surface area (Å²) < 4.78 is 5.03. The average Bonchev–Trinajstić information content (AvgIpc) is 2.92. The molecule has 0 saturated heterocycles. The molecule has 8 heteroatoms. The average molecular weight is 528 g/mol. The van der Waals surface area contributed by atoms with Crippen LogP contribution in [0.2, 0.25) is 0 Å². The van der Waals surface area contributed by atoms with Gasteiger partial charge in [-0.15, -0.1) is 0 Å². The second-order valence-corrected chi connectivity index (χ2v) is 10.2. The zero-order valence-corrected chi connectivity index (χ0v) is 23.6. The highest BCUT2D eigenvalue weighted by atomic mass is 31.2. The number of aliphatic hydroxyl groups excluding tert-OH is 1. The van der Waals surface area contributed by atoms with Gasteiger partial charge in [0.2, 0.25) is 0 Å². The second kappa shape index (κ2) is 16.3. The Morgan fingerprint density at radius 1 is 1.16 bits per heavy atom. The van der Waals surface area contributed by atoms with Crippen LogP contribution in [0.25, 0.3) is 0 Å². The largest absolute Gasteiger partial charge is 0.387 e. The van der Waals surface area contributed by atoms with Gasteiger partial charge >= 0.3 is 0 Å². The lowest BCUT2D eigenvalue weighted by molar-refractivity contribution is 0.0807. The van der Waals surface area contributed by atoms with E-state index in [0.29, 0.717) is 24.8 Å². The Morgan fingerprint density at radius 2 is 1.84 bits per heavy atom. The van der Waals surface area contributed by atoms with E-state index in [9.17, 15) is 14.8 Å². The SMILES string of the molecule is CC.COP(O)CC1=CC(CN(C)C(=O)c2ccc(CCNCC(O)c3ccccc3)cc2)=CN(C)C1. The quantitative estimate of drug-likeness (QED) is 0.281. The van der Waals surface area contributed by atoms with E-state index in [-0.39, 0.29) is 5.91 Å². The normalized spacial score (nSPS) is 14.6. The molecule has 0 radical (unpaired) electrons. The third-order valence-corrected chi connectivity index (χ3v) is 6.96. The van der Waals surface area contributed by atoms with Gasteiger partial charge in [-0.3, -0.25) is 4.79 Å². The Labute approximate surface area is 223 Å². The molecule has 37 heavy (non-hydrogen) atoms. The van der Waals surface area contributed by atoms with Crippen molar-refractivity contribution in [1.82, 2.24) is 15.1 Å². The number of benzene rings is 2. The smallest absolute Gasteiger partial charge is 0.253 e. The van der Waals surface area contributed by atoms with Gasteiger partial charge in [0.1, 0.15) is 0 Å². The van der Waals surface area contributed by atoms with E-state index >= 15 is 0 Å². The summed E-state index contributed by atoms with van der Waals surface area (Å²) in [5.41, 5.74) is 4.80. The van der Waals surface area contributed by atoms with Crippen LogP contribution in [0, 0.1) is 0 Å². The van der Waals surface area contributed by atoms with Crippen molar-refractivity contribution in [2.45, 2.75) is 26.4 Å². The van der Waals surface area contributed by atoms with Gasteiger partial charge in [0.15, 0.2) is 8.38 Å². The third-order valence-electron chi connectivity index (χ3n) is 5.86. The van der Waals surface area contributed by atoms with Gasteiger partial charge < -0.3 is 29.6 Å². The lowest BCUT2D eigenvalue weighted by atomic mass is 10.1. The van der Waals surface area contributed by atoms with E-state index in [0.717, 1.165) is 41.8 Å². The number of carbonyl (C=O) groups is 1. The predicted molar refractivity (Wildman–Crippen MR) is 153 cm³/mol. The summed E-state index contributed by atoms with van der Waals surface area (Å²) in [6.07, 6.45) is 4.88. The first-order valence-corrected chi connectivity index (χ1v) is 14.1. The fourth-order valence-electron chi connectivity index (χ4n) is 4.06. The van der Waals surface area contributed by atoms with Gasteiger partial charge in [0.05, 0.1) is 6.10 Å². The summed E-state index contributed by atoms with van der Waals surface area (Å²) in [4.78, 5) is 26.6. The minimum atomic E-state index is -1.45. The van der Waals surface area contributed by atoms with Gasteiger partial charge in [-0.1, -0.05) is 62.4 Å². The number of aliphatic hydroxyl groups is 1. The van der Waals surface area contributed by atoms with Crippen molar-refractivity contribution < 1.29 is 19.3 Å². The van der Waals surface area contributed by atoms with E-state index in [1.165, 1.54) is 7.11 Å². The van der Waals surface area contributed by atoms with Crippen molar-refractivity contribution in [2.75, 3.05) is 53.5 Å². The summed E-state index contributed by atoms with van der Waals surface area (Å²) in [6, 6.07) is 17.3. The lowest BCUT2D eigenvalue weighted by Crippen LogP contribution is -2.30. The van der Waals surface area contributed by atoms with E-state index in [1.54, 1.807) is 11.9 Å². The minimum Gasteiger partial charge on any atom is -0.387 e. The molecule has 0 spiro atoms. The van der Waals surface area contributed by atoms with Crippen molar-refractivity contribution in [1.29, 1.82) is 0 Å². The van der Waals surface area contributed by atoms with Crippen LogP contribution in [0.1, 0.15) is 41.4 Å². The maximum Gasteiger partial charge on any atom is 0.253 e. The van der Waals surface area contributed by atoms with E-state index in [2.05, 4.69) is 16.3 Å². The summed E-state index contributed by atoms with van der Waals surface area (Å²) in [7, 11) is 3.85. The molecule has 7 nitrogen and oxygen atoms in total. The Hall–Kier alpha value is -2.54. The number of carbonyl (C=O) groups excluding carboxylic acids is 1. The topological polar surface area (TPSA) is 85.3 Å². The van der Waals surface area contributed by atoms with Crippen LogP contribution in [0.5, 0.6) is 0 Å². The first kappa shape index (κ1) is 30.7. The molecular weight excluding hydrogens is 485 g/mol. The molecule has 1 heterocycles. The zero-order valence-electron chi connectivity index (χ0n) is 22.7. The Morgan fingerprint density at radius 3 is 2.49 bits per heavy atom. The first-order valence-electron chi connectivity index (χ1n) is 12.7. The molecule has 2 aromatic rings. The maximum absolute atomic E-state index is 13.0. The highest BCUT2D eigenvalue weighted by molar-refractivity contribution is 7.46. The summed E-state index contributed by atoms with van der Waals surface area (Å²) >= 11 is 0. The van der Waals surface area contributed by atoms with Gasteiger partial charge in [-0.05, 0) is 47.4 Å². The van der Waals surface area contributed by atoms with Crippen LogP contribution in [-0.4, -0.2) is 79.3 Å². The highest BCUT2D eigenvalue weighted by Crippen LogP contribution is 2.33. The molecule has 1 amide bonds. The zero-order chi connectivity index (χ0) is 27.2. The molecule has 3 rings (SSSR count). The van der Waals surface area contributed by atoms with Gasteiger partial charge in [0, 0.05) is 58.8 Å². The monoisotopic (exact) mass is 527 g/mol. The number of nitrogens with zero attached hydrogens (tertiary/aromatic N) is 2. The highest BCUT2D eigenvalue weighted by Gasteiger charge is 2.17. The molecule has 0 bridgehead atoms. The number of amides is 1. The second-order valence-electron chi connectivity index (χ2n) is 8.85. The molecule has 202 valence electrons. The van der Waals surface area contributed by atoms with Crippen LogP contribution < -0.4 is 5.32 Å². The van der Waals surface area contributed by atoms with Crippen molar-refractivity contribution in [3.8, 4) is 0 Å². The van der Waals surface area contributed by atoms with Gasteiger partial charge in [-0.25, -0.2) is 0 Å². The summed E-state index contributed by atoms with van der Waals surface area (Å²) in [6.45, 7) is 6.47. The van der Waals surface area contributed by atoms with Crippen LogP contribution in [0.4, 0.5) is 0 Å². The molecular formula is C29H42N3O4P. The predicted octanol–water partition coefficient (Wildman–Crippen LogP) is 4.36.